The lowest BCUT2D eigenvalue weighted by Crippen LogP contribution is -2.33. The summed E-state index contributed by atoms with van der Waals surface area (Å²) >= 11 is 1.62. The number of hydrogen-bond donors (Lipinski definition) is 2. The van der Waals surface area contributed by atoms with Crippen molar-refractivity contribution < 1.29 is 17.6 Å². The zero-order valence-corrected chi connectivity index (χ0v) is 13.3. The fourth-order valence-corrected chi connectivity index (χ4v) is 3.25. The number of nitrogens with one attached hydrogen (secondary N) is 2. The number of thiophene rings is 1. The normalized spacial score (nSPS) is 13.0. The number of carbonyl (C=O) groups is 1. The third-order valence-corrected chi connectivity index (χ3v) is 4.99. The van der Waals surface area contributed by atoms with Crippen LogP contribution in [0.5, 0.6) is 0 Å². The van der Waals surface area contributed by atoms with Gasteiger partial charge < -0.3 is 9.73 Å². The molecule has 0 aliphatic rings. The zero-order valence-electron chi connectivity index (χ0n) is 11.6. The Morgan fingerprint density at radius 1 is 1.38 bits per heavy atom. The van der Waals surface area contributed by atoms with Gasteiger partial charge in [0.1, 0.15) is 0 Å². The van der Waals surface area contributed by atoms with Gasteiger partial charge in [-0.1, -0.05) is 6.07 Å². The summed E-state index contributed by atoms with van der Waals surface area (Å²) in [7, 11) is -2.40. The predicted octanol–water partition coefficient (Wildman–Crippen LogP) is 1.61. The zero-order chi connectivity index (χ0) is 15.5. The van der Waals surface area contributed by atoms with Gasteiger partial charge >= 0.3 is 0 Å². The number of carbonyl (C=O) groups excluding carboxylic acids is 1. The number of furan rings is 1. The first-order valence-electron chi connectivity index (χ1n) is 6.29. The van der Waals surface area contributed by atoms with Gasteiger partial charge in [-0.15, -0.1) is 11.3 Å². The van der Waals surface area contributed by atoms with Gasteiger partial charge in [-0.05, 0) is 37.6 Å². The average Bonchev–Trinajstić information content (AvgIpc) is 3.09. The van der Waals surface area contributed by atoms with E-state index in [-0.39, 0.29) is 16.9 Å². The molecule has 0 aromatic carbocycles. The highest BCUT2D eigenvalue weighted by Gasteiger charge is 2.20. The molecule has 2 heterocycles. The van der Waals surface area contributed by atoms with Crippen LogP contribution in [0.2, 0.25) is 0 Å². The van der Waals surface area contributed by atoms with E-state index in [2.05, 4.69) is 10.0 Å². The quantitative estimate of drug-likeness (QED) is 0.843. The summed E-state index contributed by atoms with van der Waals surface area (Å²) in [6.45, 7) is 1.88. The monoisotopic (exact) mass is 328 g/mol. The Morgan fingerprint density at radius 3 is 2.76 bits per heavy atom. The minimum Gasteiger partial charge on any atom is -0.438 e. The average molecular weight is 328 g/mol. The maximum Gasteiger partial charge on any atom is 0.287 e. The number of hydrogen-bond acceptors (Lipinski definition) is 5. The Balaban J connectivity index is 2.00. The van der Waals surface area contributed by atoms with Crippen LogP contribution in [0.1, 0.15) is 22.4 Å². The molecule has 2 rings (SSSR count). The molecule has 0 unspecified atom stereocenters. The van der Waals surface area contributed by atoms with Crippen LogP contribution >= 0.6 is 11.3 Å². The van der Waals surface area contributed by atoms with Crippen LogP contribution in [0.25, 0.3) is 0 Å². The second kappa shape index (κ2) is 6.42. The Kier molecular flexibility index (Phi) is 4.81. The van der Waals surface area contributed by atoms with Crippen molar-refractivity contribution in [2.45, 2.75) is 24.5 Å². The molecule has 0 aliphatic heterocycles. The van der Waals surface area contributed by atoms with E-state index in [1.807, 2.05) is 24.4 Å². The van der Waals surface area contributed by atoms with Crippen LogP contribution in [0.3, 0.4) is 0 Å². The Bertz CT molecular complexity index is 704. The van der Waals surface area contributed by atoms with Crippen molar-refractivity contribution in [1.82, 2.24) is 10.0 Å². The standard InChI is InChI=1S/C13H16N2O4S2/c1-9(8-10-4-3-7-20-10)15-13(16)11-5-6-12(19-11)21(17,18)14-2/h3-7,9,14H,8H2,1-2H3,(H,15,16)/t9-/m1/s1. The van der Waals surface area contributed by atoms with Gasteiger partial charge in [-0.25, -0.2) is 13.1 Å². The summed E-state index contributed by atoms with van der Waals surface area (Å²) in [6, 6.07) is 6.47. The van der Waals surface area contributed by atoms with Gasteiger partial charge in [0.2, 0.25) is 5.09 Å². The lowest BCUT2D eigenvalue weighted by atomic mass is 10.2. The molecule has 8 heteroatoms. The van der Waals surface area contributed by atoms with Crippen LogP contribution < -0.4 is 10.0 Å². The molecule has 2 aromatic heterocycles. The van der Waals surface area contributed by atoms with Gasteiger partial charge in [-0.3, -0.25) is 4.79 Å². The predicted molar refractivity (Wildman–Crippen MR) is 79.9 cm³/mol. The fourth-order valence-electron chi connectivity index (χ4n) is 1.76. The SMILES string of the molecule is CNS(=O)(=O)c1ccc(C(=O)N[C@H](C)Cc2cccs2)o1. The Morgan fingerprint density at radius 2 is 2.14 bits per heavy atom. The summed E-state index contributed by atoms with van der Waals surface area (Å²) in [5.41, 5.74) is 0. The van der Waals surface area contributed by atoms with E-state index >= 15 is 0 Å². The van der Waals surface area contributed by atoms with Crippen molar-refractivity contribution in [1.29, 1.82) is 0 Å². The first kappa shape index (κ1) is 15.7. The summed E-state index contributed by atoms with van der Waals surface area (Å²) < 4.78 is 30.3. The molecule has 0 radical (unpaired) electrons. The Labute approximate surface area is 127 Å². The Hall–Kier alpha value is -1.64. The highest BCUT2D eigenvalue weighted by Crippen LogP contribution is 2.14. The molecule has 0 aliphatic carbocycles. The molecule has 21 heavy (non-hydrogen) atoms. The summed E-state index contributed by atoms with van der Waals surface area (Å²) in [6.07, 6.45) is 0.714. The maximum absolute atomic E-state index is 12.0. The first-order valence-corrected chi connectivity index (χ1v) is 8.65. The summed E-state index contributed by atoms with van der Waals surface area (Å²) in [5, 5.41) is 4.48. The molecule has 0 bridgehead atoms. The van der Waals surface area contributed by atoms with Crippen LogP contribution in [0, 0.1) is 0 Å². The van der Waals surface area contributed by atoms with Crippen molar-refractivity contribution >= 4 is 27.3 Å². The van der Waals surface area contributed by atoms with Crippen LogP contribution in [-0.4, -0.2) is 27.4 Å². The third-order valence-electron chi connectivity index (χ3n) is 2.80. The number of amides is 1. The third kappa shape index (κ3) is 3.93. The molecule has 2 aromatic rings. The minimum absolute atomic E-state index is 0.0261. The van der Waals surface area contributed by atoms with Crippen molar-refractivity contribution in [2.24, 2.45) is 0 Å². The highest BCUT2D eigenvalue weighted by molar-refractivity contribution is 7.89. The smallest absolute Gasteiger partial charge is 0.287 e. The van der Waals surface area contributed by atoms with Gasteiger partial charge in [0, 0.05) is 17.3 Å². The van der Waals surface area contributed by atoms with Gasteiger partial charge in [0.25, 0.3) is 15.9 Å². The van der Waals surface area contributed by atoms with E-state index < -0.39 is 15.9 Å². The molecule has 6 nitrogen and oxygen atoms in total. The number of rotatable bonds is 6. The van der Waals surface area contributed by atoms with Gasteiger partial charge in [0.15, 0.2) is 5.76 Å². The van der Waals surface area contributed by atoms with E-state index in [4.69, 9.17) is 4.42 Å². The second-order valence-electron chi connectivity index (χ2n) is 4.48. The number of sulfonamides is 1. The van der Waals surface area contributed by atoms with Crippen LogP contribution in [0.4, 0.5) is 0 Å². The van der Waals surface area contributed by atoms with Crippen LogP contribution in [0.15, 0.2) is 39.2 Å². The van der Waals surface area contributed by atoms with Crippen LogP contribution in [-0.2, 0) is 16.4 Å². The van der Waals surface area contributed by atoms with E-state index in [0.29, 0.717) is 6.42 Å². The van der Waals surface area contributed by atoms with Crippen molar-refractivity contribution in [2.75, 3.05) is 7.05 Å². The molecule has 1 atom stereocenters. The molecule has 0 fully saturated rings. The van der Waals surface area contributed by atoms with Gasteiger partial charge in [-0.2, -0.15) is 0 Å². The second-order valence-corrected chi connectivity index (χ2v) is 7.33. The molecule has 0 spiro atoms. The summed E-state index contributed by atoms with van der Waals surface area (Å²) in [4.78, 5) is 13.2. The van der Waals surface area contributed by atoms with Crippen molar-refractivity contribution in [3.63, 3.8) is 0 Å². The topological polar surface area (TPSA) is 88.4 Å². The molecule has 0 saturated carbocycles. The fraction of sp³-hybridized carbons (Fsp3) is 0.308. The highest BCUT2D eigenvalue weighted by atomic mass is 32.2. The minimum atomic E-state index is -3.68. The van der Waals surface area contributed by atoms with Crippen molar-refractivity contribution in [3.05, 3.63) is 40.3 Å². The molecule has 0 saturated heterocycles. The molecular weight excluding hydrogens is 312 g/mol. The lowest BCUT2D eigenvalue weighted by molar-refractivity contribution is 0.0907. The molecule has 1 amide bonds. The molecule has 114 valence electrons. The van der Waals surface area contributed by atoms with E-state index in [1.165, 1.54) is 24.1 Å². The molecule has 2 N–H and O–H groups in total. The van der Waals surface area contributed by atoms with E-state index in [0.717, 1.165) is 0 Å². The maximum atomic E-state index is 12.0. The largest absolute Gasteiger partial charge is 0.438 e. The van der Waals surface area contributed by atoms with Crippen molar-refractivity contribution in [3.8, 4) is 0 Å². The van der Waals surface area contributed by atoms with Gasteiger partial charge in [0.05, 0.1) is 0 Å². The molecular formula is C13H16N2O4S2. The lowest BCUT2D eigenvalue weighted by Gasteiger charge is -2.11. The first-order chi connectivity index (χ1) is 9.92. The van der Waals surface area contributed by atoms with E-state index in [1.54, 1.807) is 11.3 Å². The summed E-state index contributed by atoms with van der Waals surface area (Å²) in [5.74, 6) is -0.460. The van der Waals surface area contributed by atoms with E-state index in [9.17, 15) is 13.2 Å².